The Morgan fingerprint density at radius 2 is 2.33 bits per heavy atom. The van der Waals surface area contributed by atoms with Gasteiger partial charge in [-0.1, -0.05) is 12.7 Å². The summed E-state index contributed by atoms with van der Waals surface area (Å²) in [6.45, 7) is 3.85. The second-order valence-electron chi connectivity index (χ2n) is 1.80. The zero-order valence-electron chi connectivity index (χ0n) is 5.85. The fourth-order valence-corrected chi connectivity index (χ4v) is 0.267. The van der Waals surface area contributed by atoms with Gasteiger partial charge in [0.25, 0.3) is 6.02 Å². The number of nitrogens with zero attached hydrogens (tertiary/aromatic N) is 1. The van der Waals surface area contributed by atoms with Crippen LogP contribution in [0.25, 0.3) is 0 Å². The molecule has 3 heteroatoms. The highest BCUT2D eigenvalue weighted by atomic mass is 16.5. The zero-order chi connectivity index (χ0) is 7.28. The van der Waals surface area contributed by atoms with E-state index in [0.717, 1.165) is 0 Å². The molecule has 0 aliphatic rings. The molecule has 0 fully saturated rings. The van der Waals surface area contributed by atoms with Crippen molar-refractivity contribution < 1.29 is 4.74 Å². The molecule has 0 radical (unpaired) electrons. The molecule has 0 heterocycles. The predicted molar refractivity (Wildman–Crippen MR) is 37.6 cm³/mol. The van der Waals surface area contributed by atoms with E-state index in [1.807, 2.05) is 0 Å². The molecule has 9 heavy (non-hydrogen) atoms. The normalized spacial score (nSPS) is 8.22. The minimum Gasteiger partial charge on any atom is -0.461 e. The Labute approximate surface area is 55.4 Å². The Bertz CT molecular complexity index is 110. The predicted octanol–water partition coefficient (Wildman–Crippen LogP) is 0.685. The third kappa shape index (κ3) is 3.58. The van der Waals surface area contributed by atoms with Gasteiger partial charge in [-0.05, 0) is 0 Å². The van der Waals surface area contributed by atoms with Crippen LogP contribution in [0.15, 0.2) is 12.7 Å². The molecule has 0 spiro atoms. The van der Waals surface area contributed by atoms with E-state index in [1.54, 1.807) is 25.1 Å². The minimum atomic E-state index is 0.162. The number of nitrogens with one attached hydrogen (secondary N) is 1. The Kier molecular flexibility index (Phi) is 3.51. The van der Waals surface area contributed by atoms with E-state index < -0.39 is 0 Å². The average Bonchev–Trinajstić information content (AvgIpc) is 1.82. The molecule has 0 rings (SSSR count). The van der Waals surface area contributed by atoms with Crippen molar-refractivity contribution in [1.29, 1.82) is 5.41 Å². The maximum Gasteiger partial charge on any atom is 0.284 e. The molecule has 0 aliphatic heterocycles. The second kappa shape index (κ2) is 3.95. The maximum absolute atomic E-state index is 7.10. The van der Waals surface area contributed by atoms with Gasteiger partial charge in [-0.2, -0.15) is 0 Å². The van der Waals surface area contributed by atoms with Crippen LogP contribution in [0.3, 0.4) is 0 Å². The first-order valence-corrected chi connectivity index (χ1v) is 2.68. The molecule has 0 aliphatic carbocycles. The zero-order valence-corrected chi connectivity index (χ0v) is 5.85. The lowest BCUT2D eigenvalue weighted by Crippen LogP contribution is -2.23. The summed E-state index contributed by atoms with van der Waals surface area (Å²) in [6, 6.07) is 0.162. The minimum absolute atomic E-state index is 0.162. The Balaban J connectivity index is 3.38. The SMILES string of the molecule is C=CCOC(=N)N(C)C. The highest BCUT2D eigenvalue weighted by Gasteiger charge is 1.95. The molecular weight excluding hydrogens is 116 g/mol. The highest BCUT2D eigenvalue weighted by molar-refractivity contribution is 5.69. The lowest BCUT2D eigenvalue weighted by molar-refractivity contribution is 0.288. The molecule has 0 aromatic rings. The van der Waals surface area contributed by atoms with E-state index in [2.05, 4.69) is 6.58 Å². The van der Waals surface area contributed by atoms with Crippen molar-refractivity contribution in [3.63, 3.8) is 0 Å². The molecule has 0 unspecified atom stereocenters. The van der Waals surface area contributed by atoms with Crippen molar-refractivity contribution in [1.82, 2.24) is 4.90 Å². The quantitative estimate of drug-likeness (QED) is 0.337. The molecule has 0 bridgehead atoms. The largest absolute Gasteiger partial charge is 0.461 e. The van der Waals surface area contributed by atoms with Gasteiger partial charge in [-0.15, -0.1) is 0 Å². The molecule has 0 saturated heterocycles. The first-order chi connectivity index (χ1) is 4.18. The highest BCUT2D eigenvalue weighted by Crippen LogP contribution is 1.81. The van der Waals surface area contributed by atoms with Crippen molar-refractivity contribution in [2.45, 2.75) is 0 Å². The average molecular weight is 128 g/mol. The van der Waals surface area contributed by atoms with Crippen LogP contribution in [0.4, 0.5) is 0 Å². The van der Waals surface area contributed by atoms with Crippen molar-refractivity contribution in [3.8, 4) is 0 Å². The lowest BCUT2D eigenvalue weighted by Gasteiger charge is -2.12. The summed E-state index contributed by atoms with van der Waals surface area (Å²) in [6.07, 6.45) is 1.61. The first-order valence-electron chi connectivity index (χ1n) is 2.68. The number of amidine groups is 1. The number of rotatable bonds is 2. The Morgan fingerprint density at radius 1 is 1.78 bits per heavy atom. The van der Waals surface area contributed by atoms with E-state index in [1.165, 1.54) is 0 Å². The summed E-state index contributed by atoms with van der Waals surface area (Å²) in [5.41, 5.74) is 0. The molecule has 0 aromatic carbocycles. The van der Waals surface area contributed by atoms with Gasteiger partial charge in [0, 0.05) is 14.1 Å². The van der Waals surface area contributed by atoms with E-state index in [4.69, 9.17) is 10.1 Å². The number of ether oxygens (including phenoxy) is 1. The maximum atomic E-state index is 7.10. The molecule has 3 nitrogen and oxygen atoms in total. The van der Waals surface area contributed by atoms with Gasteiger partial charge < -0.3 is 9.64 Å². The van der Waals surface area contributed by atoms with E-state index in [-0.39, 0.29) is 6.02 Å². The third-order valence-corrected chi connectivity index (χ3v) is 0.744. The van der Waals surface area contributed by atoms with Crippen molar-refractivity contribution >= 4 is 6.02 Å². The second-order valence-corrected chi connectivity index (χ2v) is 1.80. The Morgan fingerprint density at radius 3 is 2.67 bits per heavy atom. The van der Waals surface area contributed by atoms with Gasteiger partial charge in [0.15, 0.2) is 0 Å². The van der Waals surface area contributed by atoms with Crippen LogP contribution in [0, 0.1) is 5.41 Å². The summed E-state index contributed by atoms with van der Waals surface area (Å²) in [5, 5.41) is 7.10. The monoisotopic (exact) mass is 128 g/mol. The summed E-state index contributed by atoms with van der Waals surface area (Å²) >= 11 is 0. The smallest absolute Gasteiger partial charge is 0.284 e. The summed E-state index contributed by atoms with van der Waals surface area (Å²) in [4.78, 5) is 1.59. The molecule has 0 saturated carbocycles. The van der Waals surface area contributed by atoms with E-state index >= 15 is 0 Å². The summed E-state index contributed by atoms with van der Waals surface area (Å²) in [5.74, 6) is 0. The number of hydrogen-bond acceptors (Lipinski definition) is 2. The topological polar surface area (TPSA) is 36.3 Å². The molecular formula is C6H12N2O. The van der Waals surface area contributed by atoms with Crippen LogP contribution >= 0.6 is 0 Å². The fraction of sp³-hybridized carbons (Fsp3) is 0.500. The van der Waals surface area contributed by atoms with Gasteiger partial charge in [-0.25, -0.2) is 0 Å². The van der Waals surface area contributed by atoms with Gasteiger partial charge in [0.2, 0.25) is 0 Å². The van der Waals surface area contributed by atoms with Gasteiger partial charge in [-0.3, -0.25) is 5.41 Å². The van der Waals surface area contributed by atoms with Gasteiger partial charge in [0.05, 0.1) is 0 Å². The van der Waals surface area contributed by atoms with Crippen LogP contribution in [0.2, 0.25) is 0 Å². The fourth-order valence-electron chi connectivity index (χ4n) is 0.267. The third-order valence-electron chi connectivity index (χ3n) is 0.744. The van der Waals surface area contributed by atoms with Crippen LogP contribution in [0.1, 0.15) is 0 Å². The van der Waals surface area contributed by atoms with Crippen LogP contribution in [0.5, 0.6) is 0 Å². The molecule has 0 amide bonds. The van der Waals surface area contributed by atoms with Crippen LogP contribution in [-0.4, -0.2) is 31.6 Å². The van der Waals surface area contributed by atoms with Gasteiger partial charge >= 0.3 is 0 Å². The molecule has 1 N–H and O–H groups in total. The first kappa shape index (κ1) is 8.01. The number of hydrogen-bond donors (Lipinski definition) is 1. The molecule has 0 aromatic heterocycles. The molecule has 0 atom stereocenters. The van der Waals surface area contributed by atoms with E-state index in [0.29, 0.717) is 6.61 Å². The van der Waals surface area contributed by atoms with Crippen molar-refractivity contribution in [3.05, 3.63) is 12.7 Å². The standard InChI is InChI=1S/C6H12N2O/c1-4-5-9-6(7)8(2)3/h4,7H,1,5H2,2-3H3. The van der Waals surface area contributed by atoms with Crippen LogP contribution in [-0.2, 0) is 4.74 Å². The van der Waals surface area contributed by atoms with Crippen LogP contribution < -0.4 is 0 Å². The molecule has 52 valence electrons. The lowest BCUT2D eigenvalue weighted by atomic mass is 10.7. The van der Waals surface area contributed by atoms with Gasteiger partial charge in [0.1, 0.15) is 6.61 Å². The summed E-state index contributed by atoms with van der Waals surface area (Å²) < 4.78 is 4.84. The Hall–Kier alpha value is -0.990. The van der Waals surface area contributed by atoms with Crippen molar-refractivity contribution in [2.24, 2.45) is 0 Å². The van der Waals surface area contributed by atoms with Crippen molar-refractivity contribution in [2.75, 3.05) is 20.7 Å². The summed E-state index contributed by atoms with van der Waals surface area (Å²) in [7, 11) is 3.51. The van der Waals surface area contributed by atoms with E-state index in [9.17, 15) is 0 Å².